The molecule has 1 saturated carbocycles. The monoisotopic (exact) mass is 837 g/mol. The second kappa shape index (κ2) is 34.3. The molecule has 0 aromatic carbocycles. The van der Waals surface area contributed by atoms with Crippen LogP contribution < -0.4 is 0 Å². The molecule has 336 valence electrons. The van der Waals surface area contributed by atoms with E-state index in [4.69, 9.17) is 18.5 Å². The van der Waals surface area contributed by atoms with Gasteiger partial charge in [-0.15, -0.1) is 0 Å². The Morgan fingerprint density at radius 3 is 1.37 bits per heavy atom. The molecule has 6 unspecified atom stereocenters. The number of allylic oxidation sites excluding steroid dienone is 2. The molecule has 0 saturated heterocycles. The average molecular weight is 837 g/mol. The van der Waals surface area contributed by atoms with E-state index in [1.807, 2.05) is 0 Å². The summed E-state index contributed by atoms with van der Waals surface area (Å²) in [7, 11) is -5.11. The van der Waals surface area contributed by atoms with Crippen molar-refractivity contribution in [2.45, 2.75) is 236 Å². The zero-order chi connectivity index (χ0) is 42.2. The van der Waals surface area contributed by atoms with Gasteiger partial charge in [0.15, 0.2) is 6.10 Å². The van der Waals surface area contributed by atoms with Crippen LogP contribution in [0.1, 0.15) is 194 Å². The van der Waals surface area contributed by atoms with Crippen molar-refractivity contribution in [2.24, 2.45) is 0 Å². The van der Waals surface area contributed by atoms with Crippen molar-refractivity contribution in [2.75, 3.05) is 13.2 Å². The predicted octanol–water partition coefficient (Wildman–Crippen LogP) is 8.28. The number of esters is 2. The van der Waals surface area contributed by atoms with Gasteiger partial charge in [-0.3, -0.25) is 18.6 Å². The summed E-state index contributed by atoms with van der Waals surface area (Å²) in [6.45, 7) is 3.27. The minimum Gasteiger partial charge on any atom is -0.462 e. The summed E-state index contributed by atoms with van der Waals surface area (Å²) in [5.74, 6) is -1.10. The molecule has 1 aliphatic rings. The number of hydrogen-bond donors (Lipinski definition) is 6. The van der Waals surface area contributed by atoms with E-state index in [1.54, 1.807) is 0 Å². The van der Waals surface area contributed by atoms with Crippen LogP contribution in [0.3, 0.4) is 0 Å². The van der Waals surface area contributed by atoms with Gasteiger partial charge in [0.05, 0.1) is 6.61 Å². The maximum absolute atomic E-state index is 12.8. The summed E-state index contributed by atoms with van der Waals surface area (Å²) in [4.78, 5) is 35.6. The Morgan fingerprint density at radius 2 is 0.895 bits per heavy atom. The Balaban J connectivity index is 2.46. The molecule has 57 heavy (non-hydrogen) atoms. The number of rotatable bonds is 37. The molecule has 6 N–H and O–H groups in total. The quantitative estimate of drug-likeness (QED) is 0.0151. The lowest BCUT2D eigenvalue weighted by Crippen LogP contribution is -2.64. The van der Waals surface area contributed by atoms with Gasteiger partial charge in [-0.1, -0.05) is 154 Å². The maximum atomic E-state index is 12.8. The number of ether oxygens (including phenoxy) is 2. The number of carbonyl (C=O) groups is 2. The van der Waals surface area contributed by atoms with E-state index >= 15 is 0 Å². The van der Waals surface area contributed by atoms with Crippen LogP contribution in [0.5, 0.6) is 0 Å². The molecule has 0 aliphatic heterocycles. The van der Waals surface area contributed by atoms with Crippen molar-refractivity contribution in [3.05, 3.63) is 12.2 Å². The molecule has 0 amide bonds. The molecule has 14 heteroatoms. The smallest absolute Gasteiger partial charge is 0.462 e. The van der Waals surface area contributed by atoms with Crippen LogP contribution in [0.4, 0.5) is 0 Å². The Hall–Kier alpha value is -1.41. The Bertz CT molecular complexity index is 1060. The number of aliphatic hydroxyl groups excluding tert-OH is 5. The summed E-state index contributed by atoms with van der Waals surface area (Å²) >= 11 is 0. The van der Waals surface area contributed by atoms with Crippen molar-refractivity contribution in [3.8, 4) is 0 Å². The van der Waals surface area contributed by atoms with Gasteiger partial charge < -0.3 is 39.9 Å². The normalized spacial score (nSPS) is 22.7. The molecule has 13 nitrogen and oxygen atoms in total. The molecule has 0 aromatic rings. The van der Waals surface area contributed by atoms with Crippen LogP contribution in [0.15, 0.2) is 12.2 Å². The fourth-order valence-electron chi connectivity index (χ4n) is 6.93. The molecule has 0 heterocycles. The SMILES string of the molecule is CCCCC/C=C\CCCCCCCC(=O)OC[C@H](COP(=O)(O)OC1C(O)C(O)C(O)[C@@H](O)C1O)OC(=O)CCCCCCCCCCCCCCCCCC. The molecule has 8 atom stereocenters. The van der Waals surface area contributed by atoms with Gasteiger partial charge in [0.1, 0.15) is 43.2 Å². The molecular weight excluding hydrogens is 755 g/mol. The number of hydrogen-bond acceptors (Lipinski definition) is 12. The van der Waals surface area contributed by atoms with E-state index in [0.717, 1.165) is 57.8 Å². The van der Waals surface area contributed by atoms with Crippen LogP contribution in [0, 0.1) is 0 Å². The van der Waals surface area contributed by atoms with Crippen molar-refractivity contribution in [1.29, 1.82) is 0 Å². The summed E-state index contributed by atoms with van der Waals surface area (Å²) in [6.07, 6.45) is 21.3. The third-order valence-corrected chi connectivity index (χ3v) is 11.6. The maximum Gasteiger partial charge on any atom is 0.472 e. The zero-order valence-electron chi connectivity index (χ0n) is 35.4. The lowest BCUT2D eigenvalue weighted by Gasteiger charge is -2.41. The van der Waals surface area contributed by atoms with Crippen LogP contribution in [-0.2, 0) is 32.7 Å². The van der Waals surface area contributed by atoms with E-state index in [9.17, 15) is 44.6 Å². The fraction of sp³-hybridized carbons (Fsp3) is 0.907. The predicted molar refractivity (Wildman–Crippen MR) is 221 cm³/mol. The Morgan fingerprint density at radius 1 is 0.526 bits per heavy atom. The molecule has 0 aromatic heterocycles. The van der Waals surface area contributed by atoms with Crippen LogP contribution >= 0.6 is 7.82 Å². The lowest BCUT2D eigenvalue weighted by atomic mass is 9.85. The summed E-state index contributed by atoms with van der Waals surface area (Å²) < 4.78 is 33.5. The van der Waals surface area contributed by atoms with Crippen molar-refractivity contribution < 1.29 is 63.1 Å². The minimum atomic E-state index is -5.11. The number of unbranched alkanes of at least 4 members (excludes halogenated alkanes) is 23. The van der Waals surface area contributed by atoms with Crippen molar-refractivity contribution in [3.63, 3.8) is 0 Å². The Labute approximate surface area is 343 Å². The number of phosphoric ester groups is 1. The summed E-state index contributed by atoms with van der Waals surface area (Å²) in [5, 5.41) is 50.1. The van der Waals surface area contributed by atoms with Gasteiger partial charge in [0.25, 0.3) is 0 Å². The van der Waals surface area contributed by atoms with E-state index < -0.39 is 75.7 Å². The number of carbonyl (C=O) groups excluding carboxylic acids is 2. The Kier molecular flexibility index (Phi) is 32.3. The van der Waals surface area contributed by atoms with Gasteiger partial charge >= 0.3 is 19.8 Å². The third kappa shape index (κ3) is 27.1. The first-order chi connectivity index (χ1) is 27.4. The summed E-state index contributed by atoms with van der Waals surface area (Å²) in [6, 6.07) is 0. The first-order valence-electron chi connectivity index (χ1n) is 22.5. The molecule has 0 spiro atoms. The molecule has 1 fully saturated rings. The van der Waals surface area contributed by atoms with Crippen LogP contribution in [-0.4, -0.2) is 98.3 Å². The highest BCUT2D eigenvalue weighted by Gasteiger charge is 2.51. The first kappa shape index (κ1) is 53.6. The van der Waals surface area contributed by atoms with Crippen molar-refractivity contribution in [1.82, 2.24) is 0 Å². The summed E-state index contributed by atoms with van der Waals surface area (Å²) in [5.41, 5.74) is 0. The highest BCUT2D eigenvalue weighted by Crippen LogP contribution is 2.47. The molecule has 0 radical (unpaired) electrons. The molecule has 1 rings (SSSR count). The van der Waals surface area contributed by atoms with Crippen LogP contribution in [0.2, 0.25) is 0 Å². The third-order valence-electron chi connectivity index (χ3n) is 10.6. The van der Waals surface area contributed by atoms with Gasteiger partial charge in [-0.05, 0) is 38.5 Å². The number of aliphatic hydroxyl groups is 5. The van der Waals surface area contributed by atoms with E-state index in [-0.39, 0.29) is 12.8 Å². The van der Waals surface area contributed by atoms with Gasteiger partial charge in [0, 0.05) is 12.8 Å². The van der Waals surface area contributed by atoms with E-state index in [2.05, 4.69) is 26.0 Å². The number of phosphoric acid groups is 1. The van der Waals surface area contributed by atoms with Gasteiger partial charge in [0.2, 0.25) is 0 Å². The fourth-order valence-corrected chi connectivity index (χ4v) is 7.90. The largest absolute Gasteiger partial charge is 0.472 e. The van der Waals surface area contributed by atoms with Crippen molar-refractivity contribution >= 4 is 19.8 Å². The van der Waals surface area contributed by atoms with Crippen LogP contribution in [0.25, 0.3) is 0 Å². The highest BCUT2D eigenvalue weighted by atomic mass is 31.2. The topological polar surface area (TPSA) is 210 Å². The lowest BCUT2D eigenvalue weighted by molar-refractivity contribution is -0.220. The minimum absolute atomic E-state index is 0.101. The standard InChI is InChI=1S/C43H81O13P/c1-3-5-7-9-11-13-15-17-18-19-20-22-24-26-28-30-32-37(45)55-35(33-53-36(44)31-29-27-25-23-21-16-14-12-10-8-6-4-2)34-54-57(51,52)56-43-41(49)39(47)38(46)40(48)42(43)50/h12,14,35,38-43,46-50H,3-11,13,15-34H2,1-2H3,(H,51,52)/b14-12-/t35-,38?,39-,40?,41?,42?,43?/m1/s1. The highest BCUT2D eigenvalue weighted by molar-refractivity contribution is 7.47. The molecule has 0 bridgehead atoms. The second-order valence-corrected chi connectivity index (χ2v) is 17.3. The van der Waals surface area contributed by atoms with Gasteiger partial charge in [-0.2, -0.15) is 0 Å². The first-order valence-corrected chi connectivity index (χ1v) is 24.0. The van der Waals surface area contributed by atoms with Gasteiger partial charge in [-0.25, -0.2) is 4.57 Å². The molecule has 1 aliphatic carbocycles. The second-order valence-electron chi connectivity index (χ2n) is 15.9. The van der Waals surface area contributed by atoms with E-state index in [1.165, 1.54) is 96.3 Å². The zero-order valence-corrected chi connectivity index (χ0v) is 36.3. The average Bonchev–Trinajstić information content (AvgIpc) is 3.19. The van der Waals surface area contributed by atoms with E-state index in [0.29, 0.717) is 12.8 Å². The molecular formula is C43H81O13P.